The highest BCUT2D eigenvalue weighted by atomic mass is 31.2. The molecule has 0 spiro atoms. The summed E-state index contributed by atoms with van der Waals surface area (Å²) in [5.41, 5.74) is 4.27. The van der Waals surface area contributed by atoms with Crippen LogP contribution in [-0.4, -0.2) is 98.1 Å². The third-order valence-electron chi connectivity index (χ3n) is 6.21. The van der Waals surface area contributed by atoms with Gasteiger partial charge in [-0.3, -0.25) is 13.9 Å². The highest BCUT2D eigenvalue weighted by Gasteiger charge is 2.54. The molecule has 0 bridgehead atoms. The molecule has 0 radical (unpaired) electrons. The summed E-state index contributed by atoms with van der Waals surface area (Å²) >= 11 is 0. The Balaban J connectivity index is 1.78. The van der Waals surface area contributed by atoms with Crippen LogP contribution in [0.25, 0.3) is 11.2 Å². The summed E-state index contributed by atoms with van der Waals surface area (Å²) in [6.07, 6.45) is -2.33. The Morgan fingerprint density at radius 3 is 2.59 bits per heavy atom. The van der Waals surface area contributed by atoms with Gasteiger partial charge >= 0.3 is 13.6 Å². The number of aliphatic hydroxyl groups is 2. The first kappa shape index (κ1) is 31.1. The molecule has 0 aromatic carbocycles. The summed E-state index contributed by atoms with van der Waals surface area (Å²) in [6.45, 7) is 11.0. The van der Waals surface area contributed by atoms with Crippen molar-refractivity contribution in [2.75, 3.05) is 45.7 Å². The molecule has 1 saturated heterocycles. The molecule has 1 aliphatic heterocycles. The highest BCUT2D eigenvalue weighted by Crippen LogP contribution is 2.48. The predicted molar refractivity (Wildman–Crippen MR) is 142 cm³/mol. The lowest BCUT2D eigenvalue weighted by atomic mass is 9.96. The van der Waals surface area contributed by atoms with E-state index in [1.165, 1.54) is 29.6 Å². The molecular formula is C23H40N7O8P. The van der Waals surface area contributed by atoms with Crippen LogP contribution in [-0.2, 0) is 23.4 Å². The van der Waals surface area contributed by atoms with Gasteiger partial charge in [0.15, 0.2) is 17.4 Å². The predicted octanol–water partition coefficient (Wildman–Crippen LogP) is 1.07. The number of rotatable bonds is 12. The fraction of sp³-hybridized carbons (Fsp3) is 0.739. The van der Waals surface area contributed by atoms with Crippen molar-refractivity contribution < 1.29 is 38.3 Å². The maximum absolute atomic E-state index is 13.8. The number of anilines is 1. The molecule has 15 nitrogen and oxygen atoms in total. The molecule has 0 saturated carbocycles. The molecule has 0 amide bonds. The van der Waals surface area contributed by atoms with E-state index in [1.807, 2.05) is 20.8 Å². The normalized spacial score (nSPS) is 25.2. The van der Waals surface area contributed by atoms with Crippen LogP contribution in [0, 0.1) is 5.41 Å². The molecule has 3 heterocycles. The second-order valence-corrected chi connectivity index (χ2v) is 12.8. The first-order valence-electron chi connectivity index (χ1n) is 12.7. The van der Waals surface area contributed by atoms with Gasteiger partial charge in [0.05, 0.1) is 26.7 Å². The van der Waals surface area contributed by atoms with E-state index in [0.717, 1.165) is 0 Å². The number of aliphatic hydroxyl groups excluding tert-OH is 1. The molecule has 220 valence electrons. The zero-order valence-electron chi connectivity index (χ0n) is 23.4. The number of nitrogen functional groups attached to an aromatic ring is 1. The van der Waals surface area contributed by atoms with Crippen LogP contribution in [0.5, 0.6) is 5.88 Å². The lowest BCUT2D eigenvalue weighted by Crippen LogP contribution is -2.44. The van der Waals surface area contributed by atoms with Crippen molar-refractivity contribution >= 4 is 30.8 Å². The average molecular weight is 574 g/mol. The Hall–Kier alpha value is -2.39. The minimum atomic E-state index is -3.77. The molecule has 5 unspecified atom stereocenters. The van der Waals surface area contributed by atoms with Crippen LogP contribution in [0.15, 0.2) is 6.33 Å². The third kappa shape index (κ3) is 6.85. The summed E-state index contributed by atoms with van der Waals surface area (Å²) in [5.74, 6) is -0.516. The zero-order valence-corrected chi connectivity index (χ0v) is 24.3. The van der Waals surface area contributed by atoms with Crippen LogP contribution in [0.2, 0.25) is 0 Å². The number of nitrogens with one attached hydrogen (secondary N) is 1. The number of carbonyl (C=O) groups excluding carboxylic acids is 1. The number of methoxy groups -OCH3 is 1. The Morgan fingerprint density at radius 1 is 1.33 bits per heavy atom. The van der Waals surface area contributed by atoms with Crippen LogP contribution >= 0.6 is 7.67 Å². The lowest BCUT2D eigenvalue weighted by Gasteiger charge is -2.30. The number of nitrogens with zero attached hydrogens (tertiary/aromatic N) is 5. The zero-order chi connectivity index (χ0) is 29.2. The van der Waals surface area contributed by atoms with Gasteiger partial charge in [-0.15, -0.1) is 0 Å². The van der Waals surface area contributed by atoms with E-state index in [4.69, 9.17) is 24.5 Å². The number of esters is 1. The summed E-state index contributed by atoms with van der Waals surface area (Å²) < 4.78 is 39.0. The number of imidazole rings is 1. The standard InChI is InChI=1S/C23H40N7O8P/c1-8-29(9-2)39(34,26-10-15(31)36-12-22(3,4)5)37-11-14-17(32)23(6,33)20(38-14)30-13-25-16-18(30)27-21(24)28-19(16)35-7/h13-14,17,20,32-33H,8-12H2,1-7H3,(H,26,34)(H2,24,27,28). The van der Waals surface area contributed by atoms with E-state index in [9.17, 15) is 19.6 Å². The molecule has 5 atom stereocenters. The van der Waals surface area contributed by atoms with Gasteiger partial charge in [0, 0.05) is 13.1 Å². The van der Waals surface area contributed by atoms with E-state index in [1.54, 1.807) is 13.8 Å². The summed E-state index contributed by atoms with van der Waals surface area (Å²) in [7, 11) is -2.36. The maximum atomic E-state index is 13.8. The Morgan fingerprint density at radius 2 is 2.00 bits per heavy atom. The lowest BCUT2D eigenvalue weighted by molar-refractivity contribution is -0.145. The van der Waals surface area contributed by atoms with Crippen LogP contribution in [0.1, 0.15) is 47.8 Å². The summed E-state index contributed by atoms with van der Waals surface area (Å²) in [4.78, 5) is 24.7. The van der Waals surface area contributed by atoms with Crippen molar-refractivity contribution in [1.29, 1.82) is 0 Å². The average Bonchev–Trinajstić information content (AvgIpc) is 3.37. The highest BCUT2D eigenvalue weighted by molar-refractivity contribution is 7.54. The largest absolute Gasteiger partial charge is 0.479 e. The van der Waals surface area contributed by atoms with E-state index < -0.39 is 37.7 Å². The van der Waals surface area contributed by atoms with Crippen molar-refractivity contribution in [3.63, 3.8) is 0 Å². The molecule has 1 fully saturated rings. The maximum Gasteiger partial charge on any atom is 0.344 e. The number of hydrogen-bond donors (Lipinski definition) is 4. The first-order valence-corrected chi connectivity index (χ1v) is 14.2. The molecule has 2 aromatic heterocycles. The van der Waals surface area contributed by atoms with Crippen molar-refractivity contribution in [2.24, 2.45) is 5.41 Å². The summed E-state index contributed by atoms with van der Waals surface area (Å²) in [6, 6.07) is 0. The summed E-state index contributed by atoms with van der Waals surface area (Å²) in [5, 5.41) is 24.9. The SMILES string of the molecule is CCN(CC)P(=O)(NCC(=O)OCC(C)(C)C)OCC1OC(n2cnc3c(OC)nc(N)nc32)C(C)(O)C1O. The third-order valence-corrected chi connectivity index (χ3v) is 8.58. The fourth-order valence-electron chi connectivity index (χ4n) is 4.11. The smallest absolute Gasteiger partial charge is 0.344 e. The number of fused-ring (bicyclic) bond motifs is 1. The number of hydrogen-bond acceptors (Lipinski definition) is 12. The van der Waals surface area contributed by atoms with Crippen molar-refractivity contribution in [3.8, 4) is 5.88 Å². The number of ether oxygens (including phenoxy) is 3. The molecule has 5 N–H and O–H groups in total. The minimum Gasteiger partial charge on any atom is -0.479 e. The van der Waals surface area contributed by atoms with Crippen molar-refractivity contribution in [3.05, 3.63) is 6.33 Å². The monoisotopic (exact) mass is 573 g/mol. The van der Waals surface area contributed by atoms with Gasteiger partial charge in [-0.1, -0.05) is 34.6 Å². The fourth-order valence-corrected chi connectivity index (χ4v) is 5.99. The minimum absolute atomic E-state index is 0.0774. The Kier molecular flexibility index (Phi) is 9.59. The Bertz CT molecular complexity index is 1200. The van der Waals surface area contributed by atoms with Gasteiger partial charge in [0.1, 0.15) is 24.4 Å². The molecule has 3 rings (SSSR count). The molecule has 1 aliphatic rings. The van der Waals surface area contributed by atoms with Crippen LogP contribution in [0.4, 0.5) is 5.95 Å². The second kappa shape index (κ2) is 12.0. The molecule has 2 aromatic rings. The van der Waals surface area contributed by atoms with Crippen LogP contribution < -0.4 is 15.6 Å². The first-order chi connectivity index (χ1) is 18.2. The number of aromatic nitrogens is 4. The van der Waals surface area contributed by atoms with E-state index in [2.05, 4.69) is 20.0 Å². The molecule has 16 heteroatoms. The number of nitrogens with two attached hydrogens (primary N) is 1. The molecular weight excluding hydrogens is 533 g/mol. The van der Waals surface area contributed by atoms with E-state index >= 15 is 0 Å². The Labute approximate surface area is 227 Å². The van der Waals surface area contributed by atoms with Gasteiger partial charge in [-0.2, -0.15) is 9.97 Å². The topological polar surface area (TPSA) is 196 Å². The van der Waals surface area contributed by atoms with Gasteiger partial charge < -0.3 is 34.7 Å². The van der Waals surface area contributed by atoms with Gasteiger partial charge in [0.2, 0.25) is 11.8 Å². The van der Waals surface area contributed by atoms with Gasteiger partial charge in [-0.05, 0) is 12.3 Å². The quantitative estimate of drug-likeness (QED) is 0.208. The molecule has 0 aliphatic carbocycles. The molecule has 39 heavy (non-hydrogen) atoms. The number of carbonyl (C=O) groups is 1. The second-order valence-electron chi connectivity index (χ2n) is 10.6. The van der Waals surface area contributed by atoms with Gasteiger partial charge in [-0.25, -0.2) is 14.7 Å². The van der Waals surface area contributed by atoms with E-state index in [-0.39, 0.29) is 48.2 Å². The van der Waals surface area contributed by atoms with E-state index in [0.29, 0.717) is 13.1 Å². The van der Waals surface area contributed by atoms with Gasteiger partial charge in [0.25, 0.3) is 0 Å². The van der Waals surface area contributed by atoms with Crippen LogP contribution in [0.3, 0.4) is 0 Å². The van der Waals surface area contributed by atoms with Crippen molar-refractivity contribution in [1.82, 2.24) is 29.3 Å². The van der Waals surface area contributed by atoms with Crippen molar-refractivity contribution in [2.45, 2.75) is 65.6 Å².